The van der Waals surface area contributed by atoms with Crippen LogP contribution < -0.4 is 16.0 Å². The Morgan fingerprint density at radius 1 is 0.955 bits per heavy atom. The van der Waals surface area contributed by atoms with Crippen molar-refractivity contribution in [1.29, 1.82) is 0 Å². The molecule has 5 atom stereocenters. The molecule has 0 spiro atoms. The first-order valence-corrected chi connectivity index (χ1v) is 16.2. The van der Waals surface area contributed by atoms with Gasteiger partial charge in [-0.15, -0.1) is 0 Å². The second kappa shape index (κ2) is 14.7. The number of ketones is 1. The highest BCUT2D eigenvalue weighted by Crippen LogP contribution is 2.65. The van der Waals surface area contributed by atoms with E-state index in [0.717, 1.165) is 32.1 Å². The molecule has 3 fully saturated rings. The van der Waals surface area contributed by atoms with Crippen molar-refractivity contribution in [2.24, 2.45) is 23.2 Å². The Hall–Kier alpha value is -3.18. The number of Topliss-reactive ketones (excluding diaryl/α,β-unsaturated/α-hetero) is 1. The van der Waals surface area contributed by atoms with E-state index in [2.05, 4.69) is 29.8 Å². The molecule has 5 unspecified atom stereocenters. The summed E-state index contributed by atoms with van der Waals surface area (Å²) in [6.45, 7) is 13.2. The standard InChI is InChI=1S/C32H52N4O8/c1-8-13-21(26(38)28(40)33-17-22(37)43-16-9-2)34-27(39)25-23-20(32(23,6)7)18-36(25)29(41)24(19-14-11-10-12-15-19)35-30(42)44-31(3,4)5/h19-21,23-25H,8-18H2,1-7H3,(H,33,40)(H,34,39)(H,35,42). The van der Waals surface area contributed by atoms with Crippen LogP contribution in [0, 0.1) is 23.2 Å². The lowest BCUT2D eigenvalue weighted by molar-refractivity contribution is -0.146. The third-order valence-electron chi connectivity index (χ3n) is 9.11. The van der Waals surface area contributed by atoms with E-state index in [9.17, 15) is 28.8 Å². The second-order valence-electron chi connectivity index (χ2n) is 14.0. The quantitative estimate of drug-likeness (QED) is 0.209. The molecule has 12 nitrogen and oxygen atoms in total. The molecule has 3 aliphatic rings. The number of ether oxygens (including phenoxy) is 2. The maximum atomic E-state index is 14.2. The Morgan fingerprint density at radius 2 is 1.61 bits per heavy atom. The van der Waals surface area contributed by atoms with Gasteiger partial charge in [0.05, 0.1) is 12.6 Å². The second-order valence-corrected chi connectivity index (χ2v) is 14.0. The van der Waals surface area contributed by atoms with Gasteiger partial charge in [0.25, 0.3) is 5.91 Å². The van der Waals surface area contributed by atoms with Gasteiger partial charge in [-0.3, -0.25) is 24.0 Å². The number of amides is 4. The summed E-state index contributed by atoms with van der Waals surface area (Å²) in [5, 5.41) is 7.88. The number of nitrogens with zero attached hydrogens (tertiary/aromatic N) is 1. The van der Waals surface area contributed by atoms with Crippen LogP contribution in [-0.2, 0) is 33.4 Å². The van der Waals surface area contributed by atoms with Crippen molar-refractivity contribution in [3.63, 3.8) is 0 Å². The largest absolute Gasteiger partial charge is 0.464 e. The van der Waals surface area contributed by atoms with Gasteiger partial charge < -0.3 is 30.3 Å². The number of carbonyl (C=O) groups is 6. The van der Waals surface area contributed by atoms with E-state index in [1.54, 1.807) is 25.7 Å². The number of likely N-dealkylation sites (tertiary alicyclic amines) is 1. The predicted octanol–water partition coefficient (Wildman–Crippen LogP) is 2.87. The van der Waals surface area contributed by atoms with Crippen LogP contribution in [0.3, 0.4) is 0 Å². The zero-order valence-electron chi connectivity index (χ0n) is 27.5. The number of hydrogen-bond donors (Lipinski definition) is 3. The lowest BCUT2D eigenvalue weighted by Gasteiger charge is -2.37. The van der Waals surface area contributed by atoms with Gasteiger partial charge in [-0.2, -0.15) is 0 Å². The summed E-state index contributed by atoms with van der Waals surface area (Å²) in [6.07, 6.45) is 5.20. The summed E-state index contributed by atoms with van der Waals surface area (Å²) in [4.78, 5) is 80.0. The maximum absolute atomic E-state index is 14.2. The van der Waals surface area contributed by atoms with Crippen molar-refractivity contribution in [1.82, 2.24) is 20.9 Å². The van der Waals surface area contributed by atoms with E-state index < -0.39 is 59.9 Å². The number of alkyl carbamates (subject to hydrolysis) is 1. The molecule has 1 saturated heterocycles. The number of nitrogens with one attached hydrogen (secondary N) is 3. The summed E-state index contributed by atoms with van der Waals surface area (Å²) in [5.74, 6) is -3.45. The highest BCUT2D eigenvalue weighted by molar-refractivity contribution is 6.38. The van der Waals surface area contributed by atoms with E-state index >= 15 is 0 Å². The van der Waals surface area contributed by atoms with Gasteiger partial charge in [0.1, 0.15) is 24.2 Å². The zero-order valence-corrected chi connectivity index (χ0v) is 27.5. The molecule has 44 heavy (non-hydrogen) atoms. The fourth-order valence-corrected chi connectivity index (χ4v) is 6.75. The molecule has 0 aromatic heterocycles. The molecule has 0 aromatic carbocycles. The fourth-order valence-electron chi connectivity index (χ4n) is 6.75. The molecule has 248 valence electrons. The summed E-state index contributed by atoms with van der Waals surface area (Å²) in [6, 6.07) is -2.81. The van der Waals surface area contributed by atoms with Gasteiger partial charge in [0, 0.05) is 6.54 Å². The monoisotopic (exact) mass is 620 g/mol. The number of fused-ring (bicyclic) bond motifs is 1. The average molecular weight is 621 g/mol. The highest BCUT2D eigenvalue weighted by atomic mass is 16.6. The molecule has 0 aromatic rings. The first kappa shape index (κ1) is 35.3. The third-order valence-corrected chi connectivity index (χ3v) is 9.11. The number of carbonyl (C=O) groups excluding carboxylic acids is 6. The molecule has 2 saturated carbocycles. The lowest BCUT2D eigenvalue weighted by Crippen LogP contribution is -2.60. The van der Waals surface area contributed by atoms with Gasteiger partial charge in [-0.25, -0.2) is 4.79 Å². The van der Waals surface area contributed by atoms with Crippen molar-refractivity contribution in [3.8, 4) is 0 Å². The van der Waals surface area contributed by atoms with Crippen molar-refractivity contribution < 1.29 is 38.2 Å². The van der Waals surface area contributed by atoms with Crippen LogP contribution in [0.15, 0.2) is 0 Å². The summed E-state index contributed by atoms with van der Waals surface area (Å²) < 4.78 is 10.4. The molecule has 1 heterocycles. The summed E-state index contributed by atoms with van der Waals surface area (Å²) in [7, 11) is 0. The van der Waals surface area contributed by atoms with Crippen LogP contribution >= 0.6 is 0 Å². The van der Waals surface area contributed by atoms with Crippen LogP contribution in [-0.4, -0.2) is 83.9 Å². The first-order chi connectivity index (χ1) is 20.6. The smallest absolute Gasteiger partial charge is 0.408 e. The van der Waals surface area contributed by atoms with E-state index in [-0.39, 0.29) is 42.1 Å². The molecular formula is C32H52N4O8. The molecule has 4 amide bonds. The van der Waals surface area contributed by atoms with Crippen LogP contribution in [0.4, 0.5) is 4.79 Å². The number of hydrogen-bond acceptors (Lipinski definition) is 8. The summed E-state index contributed by atoms with van der Waals surface area (Å²) in [5.41, 5.74) is -0.924. The molecule has 12 heteroatoms. The van der Waals surface area contributed by atoms with Gasteiger partial charge in [-0.1, -0.05) is 53.4 Å². The van der Waals surface area contributed by atoms with E-state index in [1.807, 2.05) is 13.8 Å². The Labute approximate surface area is 261 Å². The van der Waals surface area contributed by atoms with Crippen LogP contribution in [0.1, 0.15) is 99.8 Å². The molecule has 0 bridgehead atoms. The Kier molecular flexibility index (Phi) is 11.8. The average Bonchev–Trinajstić information content (AvgIpc) is 3.28. The molecule has 0 radical (unpaired) electrons. The van der Waals surface area contributed by atoms with E-state index in [1.165, 1.54) is 0 Å². The maximum Gasteiger partial charge on any atom is 0.408 e. The highest BCUT2D eigenvalue weighted by Gasteiger charge is 2.69. The number of piperidine rings is 1. The number of rotatable bonds is 13. The Balaban J connectivity index is 1.78. The SMILES string of the molecule is CCCOC(=O)CNC(=O)C(=O)C(CCC)NC(=O)C1C2C(CN1C(=O)C(NC(=O)OC(C)(C)C)C1CCCCC1)C2(C)C. The minimum Gasteiger partial charge on any atom is -0.464 e. The van der Waals surface area contributed by atoms with Crippen LogP contribution in [0.2, 0.25) is 0 Å². The minimum atomic E-state index is -1.12. The summed E-state index contributed by atoms with van der Waals surface area (Å²) >= 11 is 0. The van der Waals surface area contributed by atoms with E-state index in [4.69, 9.17) is 9.47 Å². The van der Waals surface area contributed by atoms with E-state index in [0.29, 0.717) is 19.4 Å². The van der Waals surface area contributed by atoms with Crippen molar-refractivity contribution in [2.45, 2.75) is 124 Å². The topological polar surface area (TPSA) is 160 Å². The number of esters is 1. The van der Waals surface area contributed by atoms with Gasteiger partial charge in [0.15, 0.2) is 0 Å². The van der Waals surface area contributed by atoms with Gasteiger partial charge in [0.2, 0.25) is 17.6 Å². The van der Waals surface area contributed by atoms with Crippen LogP contribution in [0.25, 0.3) is 0 Å². The van der Waals surface area contributed by atoms with Gasteiger partial charge >= 0.3 is 12.1 Å². The molecule has 1 aliphatic heterocycles. The lowest BCUT2D eigenvalue weighted by atomic mass is 9.83. The van der Waals surface area contributed by atoms with Crippen LogP contribution in [0.5, 0.6) is 0 Å². The minimum absolute atomic E-state index is 0.0838. The van der Waals surface area contributed by atoms with Crippen molar-refractivity contribution in [3.05, 3.63) is 0 Å². The third kappa shape index (κ3) is 8.72. The fraction of sp³-hybridized carbons (Fsp3) is 0.812. The molecule has 3 N–H and O–H groups in total. The zero-order chi connectivity index (χ0) is 32.8. The van der Waals surface area contributed by atoms with Crippen molar-refractivity contribution >= 4 is 35.6 Å². The Bertz CT molecular complexity index is 1090. The van der Waals surface area contributed by atoms with Gasteiger partial charge in [-0.05, 0) is 69.6 Å². The normalized spacial score (nSPS) is 23.9. The molecular weight excluding hydrogens is 568 g/mol. The predicted molar refractivity (Wildman–Crippen MR) is 162 cm³/mol. The molecule has 3 rings (SSSR count). The first-order valence-electron chi connectivity index (χ1n) is 16.2. The Morgan fingerprint density at radius 3 is 2.20 bits per heavy atom. The van der Waals surface area contributed by atoms with Crippen molar-refractivity contribution in [2.75, 3.05) is 19.7 Å². The molecule has 2 aliphatic carbocycles.